The van der Waals surface area contributed by atoms with Crippen LogP contribution in [0.5, 0.6) is 0 Å². The molecule has 0 aromatic heterocycles. The van der Waals surface area contributed by atoms with Crippen molar-refractivity contribution in [1.82, 2.24) is 5.43 Å². The van der Waals surface area contributed by atoms with Crippen molar-refractivity contribution in [2.45, 2.75) is 0 Å². The normalized spacial score (nSPS) is 14.1. The molecule has 0 unspecified atom stereocenters. The highest BCUT2D eigenvalue weighted by Gasteiger charge is 2.09. The molecule has 1 aromatic carbocycles. The largest absolute Gasteiger partial charge is 0.286 e. The molecule has 0 saturated carbocycles. The first kappa shape index (κ1) is 8.49. The van der Waals surface area contributed by atoms with E-state index in [2.05, 4.69) is 10.4 Å². The van der Waals surface area contributed by atoms with E-state index < -0.39 is 4.92 Å². The van der Waals surface area contributed by atoms with Gasteiger partial charge in [-0.3, -0.25) is 25.5 Å². The first-order valence-corrected chi connectivity index (χ1v) is 4.04. The minimum absolute atomic E-state index is 0.0915. The molecule has 0 saturated heterocycles. The summed E-state index contributed by atoms with van der Waals surface area (Å²) in [6.45, 7) is 0.526. The summed E-state index contributed by atoms with van der Waals surface area (Å²) in [5.41, 5.74) is 3.84. The first-order chi connectivity index (χ1) is 6.77. The molecule has 0 spiro atoms. The summed E-state index contributed by atoms with van der Waals surface area (Å²) >= 11 is 0. The number of hydrogen-bond donors (Lipinski definition) is 1. The Labute approximate surface area is 80.0 Å². The van der Waals surface area contributed by atoms with Crippen molar-refractivity contribution in [2.75, 3.05) is 11.7 Å². The van der Waals surface area contributed by atoms with E-state index >= 15 is 0 Å². The van der Waals surface area contributed by atoms with Crippen molar-refractivity contribution < 1.29 is 4.92 Å². The number of nitrogens with zero attached hydrogens (tertiary/aromatic N) is 3. The van der Waals surface area contributed by atoms with E-state index in [1.54, 1.807) is 23.5 Å². The molecule has 0 atom stereocenters. The lowest BCUT2D eigenvalue weighted by molar-refractivity contribution is -0.384. The number of nitrogens with one attached hydrogen (secondary N) is 1. The van der Waals surface area contributed by atoms with Gasteiger partial charge in [0.2, 0.25) is 0 Å². The molecule has 0 aliphatic carbocycles. The number of nitro groups is 1. The van der Waals surface area contributed by atoms with Gasteiger partial charge in [0.15, 0.2) is 0 Å². The topological polar surface area (TPSA) is 70.8 Å². The van der Waals surface area contributed by atoms with Crippen LogP contribution in [-0.2, 0) is 0 Å². The van der Waals surface area contributed by atoms with Crippen LogP contribution in [0.4, 0.5) is 11.4 Å². The Kier molecular flexibility index (Phi) is 2.02. The molecule has 6 nitrogen and oxygen atoms in total. The number of nitro benzene ring substituents is 1. The van der Waals surface area contributed by atoms with Crippen molar-refractivity contribution in [3.63, 3.8) is 0 Å². The maximum Gasteiger partial charge on any atom is 0.269 e. The van der Waals surface area contributed by atoms with Gasteiger partial charge in [0, 0.05) is 12.1 Å². The second kappa shape index (κ2) is 3.33. The molecule has 1 heterocycles. The van der Waals surface area contributed by atoms with Gasteiger partial charge in [-0.05, 0) is 12.1 Å². The average molecular weight is 192 g/mol. The third-order valence-corrected chi connectivity index (χ3v) is 1.90. The molecule has 1 N–H and O–H groups in total. The second-order valence-electron chi connectivity index (χ2n) is 2.78. The van der Waals surface area contributed by atoms with Gasteiger partial charge in [-0.15, -0.1) is 0 Å². The van der Waals surface area contributed by atoms with E-state index in [-0.39, 0.29) is 5.69 Å². The minimum atomic E-state index is -0.419. The predicted octanol–water partition coefficient (Wildman–Crippen LogP) is 0.905. The fraction of sp³-hybridized carbons (Fsp3) is 0.125. The van der Waals surface area contributed by atoms with Crippen molar-refractivity contribution in [3.05, 3.63) is 34.4 Å². The highest BCUT2D eigenvalue weighted by atomic mass is 16.6. The van der Waals surface area contributed by atoms with Crippen LogP contribution in [0, 0.1) is 10.1 Å². The van der Waals surface area contributed by atoms with Crippen molar-refractivity contribution in [2.24, 2.45) is 4.99 Å². The van der Waals surface area contributed by atoms with E-state index in [4.69, 9.17) is 0 Å². The Hall–Kier alpha value is -2.11. The van der Waals surface area contributed by atoms with Crippen LogP contribution in [0.3, 0.4) is 0 Å². The summed E-state index contributed by atoms with van der Waals surface area (Å²) in [6, 6.07) is 6.30. The molecule has 0 fully saturated rings. The summed E-state index contributed by atoms with van der Waals surface area (Å²) in [6.07, 6.45) is 1.58. The van der Waals surface area contributed by atoms with E-state index in [1.165, 1.54) is 12.1 Å². The summed E-state index contributed by atoms with van der Waals surface area (Å²) in [5, 5.41) is 12.2. The molecule has 0 bridgehead atoms. The monoisotopic (exact) mass is 192 g/mol. The number of rotatable bonds is 2. The SMILES string of the molecule is O=[N+]([O-])c1ccc(N2CN=CN2)cc1. The summed E-state index contributed by atoms with van der Waals surface area (Å²) < 4.78 is 0. The van der Waals surface area contributed by atoms with E-state index in [0.717, 1.165) is 5.69 Å². The first-order valence-electron chi connectivity index (χ1n) is 4.04. The van der Waals surface area contributed by atoms with Crippen molar-refractivity contribution in [3.8, 4) is 0 Å². The van der Waals surface area contributed by atoms with Crippen LogP contribution in [0.15, 0.2) is 29.3 Å². The molecule has 1 aliphatic rings. The molecular weight excluding hydrogens is 184 g/mol. The molecular formula is C8H8N4O2. The molecule has 72 valence electrons. The number of hydrogen-bond acceptors (Lipinski definition) is 5. The van der Waals surface area contributed by atoms with Crippen LogP contribution in [0.25, 0.3) is 0 Å². The van der Waals surface area contributed by atoms with E-state index in [0.29, 0.717) is 6.67 Å². The van der Waals surface area contributed by atoms with Crippen molar-refractivity contribution in [1.29, 1.82) is 0 Å². The third-order valence-electron chi connectivity index (χ3n) is 1.90. The maximum absolute atomic E-state index is 10.4. The van der Waals surface area contributed by atoms with Crippen LogP contribution >= 0.6 is 0 Å². The zero-order chi connectivity index (χ0) is 9.97. The standard InChI is InChI=1S/C8H8N4O2/c13-12(14)8-3-1-7(2-4-8)11-6-9-5-10-11/h1-5H,6H2,(H,9,10). The zero-order valence-corrected chi connectivity index (χ0v) is 7.25. The van der Waals surface area contributed by atoms with E-state index in [1.807, 2.05) is 0 Å². The lowest BCUT2D eigenvalue weighted by Crippen LogP contribution is -2.31. The summed E-state index contributed by atoms with van der Waals surface area (Å²) in [7, 11) is 0. The molecule has 2 rings (SSSR count). The number of hydrazine groups is 1. The number of anilines is 1. The van der Waals surface area contributed by atoms with Gasteiger partial charge in [-0.25, -0.2) is 0 Å². The number of benzene rings is 1. The van der Waals surface area contributed by atoms with Gasteiger partial charge in [-0.1, -0.05) is 0 Å². The fourth-order valence-electron chi connectivity index (χ4n) is 1.18. The molecule has 0 amide bonds. The van der Waals surface area contributed by atoms with Crippen LogP contribution < -0.4 is 10.4 Å². The second-order valence-corrected chi connectivity index (χ2v) is 2.78. The molecule has 0 radical (unpaired) electrons. The lowest BCUT2D eigenvalue weighted by Gasteiger charge is -2.15. The Morgan fingerprint density at radius 1 is 1.43 bits per heavy atom. The van der Waals surface area contributed by atoms with Crippen LogP contribution in [0.2, 0.25) is 0 Å². The Morgan fingerprint density at radius 2 is 2.14 bits per heavy atom. The van der Waals surface area contributed by atoms with Gasteiger partial charge in [0.05, 0.1) is 10.6 Å². The molecule has 6 heteroatoms. The highest BCUT2D eigenvalue weighted by Crippen LogP contribution is 2.18. The van der Waals surface area contributed by atoms with Gasteiger partial charge in [0.1, 0.15) is 13.0 Å². The molecule has 14 heavy (non-hydrogen) atoms. The van der Waals surface area contributed by atoms with Gasteiger partial charge >= 0.3 is 0 Å². The third kappa shape index (κ3) is 1.49. The van der Waals surface area contributed by atoms with E-state index in [9.17, 15) is 10.1 Å². The fourth-order valence-corrected chi connectivity index (χ4v) is 1.18. The highest BCUT2D eigenvalue weighted by molar-refractivity contribution is 5.63. The average Bonchev–Trinajstić information content (AvgIpc) is 2.71. The predicted molar refractivity (Wildman–Crippen MR) is 52.1 cm³/mol. The summed E-state index contributed by atoms with van der Waals surface area (Å²) in [4.78, 5) is 13.9. The molecule has 1 aliphatic heterocycles. The minimum Gasteiger partial charge on any atom is -0.286 e. The van der Waals surface area contributed by atoms with Crippen LogP contribution in [0.1, 0.15) is 0 Å². The summed E-state index contributed by atoms with van der Waals surface area (Å²) in [5.74, 6) is 0. The van der Waals surface area contributed by atoms with Gasteiger partial charge in [0.25, 0.3) is 5.69 Å². The lowest BCUT2D eigenvalue weighted by atomic mass is 10.3. The quantitative estimate of drug-likeness (QED) is 0.558. The number of aliphatic imine (C=N–C) groups is 1. The number of non-ortho nitro benzene ring substituents is 1. The maximum atomic E-state index is 10.4. The van der Waals surface area contributed by atoms with Gasteiger partial charge < -0.3 is 0 Å². The Balaban J connectivity index is 2.17. The Morgan fingerprint density at radius 3 is 2.64 bits per heavy atom. The van der Waals surface area contributed by atoms with Crippen molar-refractivity contribution >= 4 is 17.7 Å². The smallest absolute Gasteiger partial charge is 0.269 e. The van der Waals surface area contributed by atoms with Gasteiger partial charge in [-0.2, -0.15) is 0 Å². The molecule has 1 aromatic rings. The van der Waals surface area contributed by atoms with Crippen LogP contribution in [-0.4, -0.2) is 17.9 Å². The zero-order valence-electron chi connectivity index (χ0n) is 7.25. The Bertz CT molecular complexity index is 365.